The number of nitrogens with one attached hydrogen (secondary N) is 3. The van der Waals surface area contributed by atoms with Crippen molar-refractivity contribution in [2.45, 2.75) is 32.7 Å². The summed E-state index contributed by atoms with van der Waals surface area (Å²) < 4.78 is 5.60. The molecule has 1 heterocycles. The molecule has 7 heteroatoms. The van der Waals surface area contributed by atoms with Gasteiger partial charge in [-0.15, -0.1) is 0 Å². The van der Waals surface area contributed by atoms with Gasteiger partial charge in [0.1, 0.15) is 5.75 Å². The first-order valence-corrected chi connectivity index (χ1v) is 9.79. The number of guanidine groups is 1. The highest BCUT2D eigenvalue weighted by Crippen LogP contribution is 2.31. The van der Waals surface area contributed by atoms with Crippen molar-refractivity contribution in [3.63, 3.8) is 0 Å². The number of para-hydroxylation sites is 1. The summed E-state index contributed by atoms with van der Waals surface area (Å²) in [5.74, 6) is 1.65. The van der Waals surface area contributed by atoms with Crippen molar-refractivity contribution in [1.29, 1.82) is 0 Å². The molecular weight excluding hydrogens is 342 g/mol. The van der Waals surface area contributed by atoms with Gasteiger partial charge in [-0.2, -0.15) is 0 Å². The van der Waals surface area contributed by atoms with Crippen LogP contribution in [0.15, 0.2) is 29.3 Å². The van der Waals surface area contributed by atoms with E-state index in [9.17, 15) is 4.79 Å². The van der Waals surface area contributed by atoms with Crippen molar-refractivity contribution in [2.24, 2.45) is 4.99 Å². The van der Waals surface area contributed by atoms with E-state index in [1.807, 2.05) is 19.1 Å². The van der Waals surface area contributed by atoms with E-state index < -0.39 is 0 Å². The Kier molecular flexibility index (Phi) is 8.91. The van der Waals surface area contributed by atoms with Gasteiger partial charge in [0, 0.05) is 32.1 Å². The molecule has 0 aromatic heterocycles. The standard InChI is InChI=1S/C20H33N5O2/c1-4-21-20(23-12-11-22-16(2)26)24-15-18(25-13-7-8-14-25)17-9-5-6-10-19(17)27-3/h5-6,9-10,18H,4,7-8,11-15H2,1-3H3,(H,22,26)(H2,21,23,24). The van der Waals surface area contributed by atoms with Gasteiger partial charge in [-0.1, -0.05) is 18.2 Å². The number of hydrogen-bond acceptors (Lipinski definition) is 4. The van der Waals surface area contributed by atoms with E-state index in [4.69, 9.17) is 9.73 Å². The maximum absolute atomic E-state index is 11.0. The number of amides is 1. The Morgan fingerprint density at radius 2 is 1.89 bits per heavy atom. The first-order chi connectivity index (χ1) is 13.2. The lowest BCUT2D eigenvalue weighted by atomic mass is 10.0. The number of ether oxygens (including phenoxy) is 1. The third-order valence-corrected chi connectivity index (χ3v) is 4.64. The van der Waals surface area contributed by atoms with Gasteiger partial charge in [-0.3, -0.25) is 14.7 Å². The lowest BCUT2D eigenvalue weighted by molar-refractivity contribution is -0.118. The molecule has 1 aliphatic heterocycles. The minimum Gasteiger partial charge on any atom is -0.496 e. The molecule has 0 radical (unpaired) electrons. The number of aliphatic imine (C=N–C) groups is 1. The minimum atomic E-state index is -0.0241. The predicted octanol–water partition coefficient (Wildman–Crippen LogP) is 1.52. The van der Waals surface area contributed by atoms with E-state index in [2.05, 4.69) is 33.0 Å². The number of rotatable bonds is 9. The first kappa shape index (κ1) is 21.0. The third-order valence-electron chi connectivity index (χ3n) is 4.64. The Morgan fingerprint density at radius 1 is 1.19 bits per heavy atom. The van der Waals surface area contributed by atoms with E-state index in [-0.39, 0.29) is 11.9 Å². The fraction of sp³-hybridized carbons (Fsp3) is 0.600. The normalized spacial score (nSPS) is 16.0. The first-order valence-electron chi connectivity index (χ1n) is 9.79. The fourth-order valence-electron chi connectivity index (χ4n) is 3.34. The highest BCUT2D eigenvalue weighted by molar-refractivity contribution is 5.80. The summed E-state index contributed by atoms with van der Waals surface area (Å²) in [6.45, 7) is 8.38. The molecule has 2 rings (SSSR count). The Labute approximate surface area is 162 Å². The molecule has 0 saturated carbocycles. The molecule has 1 unspecified atom stereocenters. The zero-order valence-electron chi connectivity index (χ0n) is 16.8. The highest BCUT2D eigenvalue weighted by Gasteiger charge is 2.25. The molecule has 1 amide bonds. The van der Waals surface area contributed by atoms with E-state index in [0.717, 1.165) is 31.3 Å². The number of nitrogens with zero attached hydrogens (tertiary/aromatic N) is 2. The quantitative estimate of drug-likeness (QED) is 0.347. The van der Waals surface area contributed by atoms with Gasteiger partial charge in [-0.25, -0.2) is 0 Å². The summed E-state index contributed by atoms with van der Waals surface area (Å²) in [6, 6.07) is 8.39. The zero-order valence-corrected chi connectivity index (χ0v) is 16.8. The van der Waals surface area contributed by atoms with Gasteiger partial charge in [0.05, 0.1) is 19.7 Å². The van der Waals surface area contributed by atoms with E-state index in [1.54, 1.807) is 7.11 Å². The number of methoxy groups -OCH3 is 1. The van der Waals surface area contributed by atoms with Crippen LogP contribution in [0.5, 0.6) is 5.75 Å². The van der Waals surface area contributed by atoms with Crippen LogP contribution in [0, 0.1) is 0 Å². The highest BCUT2D eigenvalue weighted by atomic mass is 16.5. The molecule has 1 aromatic rings. The Morgan fingerprint density at radius 3 is 2.56 bits per heavy atom. The zero-order chi connectivity index (χ0) is 19.5. The summed E-state index contributed by atoms with van der Waals surface area (Å²) in [4.78, 5) is 18.3. The van der Waals surface area contributed by atoms with Crippen LogP contribution in [-0.4, -0.2) is 63.1 Å². The molecule has 27 heavy (non-hydrogen) atoms. The van der Waals surface area contributed by atoms with Crippen molar-refractivity contribution in [2.75, 3.05) is 46.4 Å². The summed E-state index contributed by atoms with van der Waals surface area (Å²) in [5, 5.41) is 9.33. The van der Waals surface area contributed by atoms with Crippen molar-refractivity contribution in [3.8, 4) is 5.75 Å². The number of carbonyl (C=O) groups is 1. The summed E-state index contributed by atoms with van der Waals surface area (Å²) in [5.41, 5.74) is 1.18. The molecule has 1 aliphatic rings. The molecule has 1 fully saturated rings. The van der Waals surface area contributed by atoms with Crippen LogP contribution in [0.1, 0.15) is 38.3 Å². The monoisotopic (exact) mass is 375 g/mol. The number of benzene rings is 1. The summed E-state index contributed by atoms with van der Waals surface area (Å²) >= 11 is 0. The third kappa shape index (κ3) is 6.75. The lowest BCUT2D eigenvalue weighted by Crippen LogP contribution is -2.41. The number of carbonyl (C=O) groups excluding carboxylic acids is 1. The second-order valence-corrected chi connectivity index (χ2v) is 6.63. The van der Waals surface area contributed by atoms with E-state index in [0.29, 0.717) is 19.6 Å². The topological polar surface area (TPSA) is 78.0 Å². The molecule has 150 valence electrons. The van der Waals surface area contributed by atoms with E-state index in [1.165, 1.54) is 25.3 Å². The molecule has 1 aromatic carbocycles. The van der Waals surface area contributed by atoms with Crippen LogP contribution < -0.4 is 20.7 Å². The average molecular weight is 376 g/mol. The van der Waals surface area contributed by atoms with Gasteiger partial charge < -0.3 is 20.7 Å². The van der Waals surface area contributed by atoms with Gasteiger partial charge in [0.2, 0.25) is 5.91 Å². The molecular formula is C20H33N5O2. The molecule has 1 atom stereocenters. The Hall–Kier alpha value is -2.28. The van der Waals surface area contributed by atoms with E-state index >= 15 is 0 Å². The molecule has 1 saturated heterocycles. The van der Waals surface area contributed by atoms with Gasteiger partial charge in [0.15, 0.2) is 5.96 Å². The summed E-state index contributed by atoms with van der Waals surface area (Å²) in [6.07, 6.45) is 2.45. The largest absolute Gasteiger partial charge is 0.496 e. The molecule has 7 nitrogen and oxygen atoms in total. The average Bonchev–Trinajstić information content (AvgIpc) is 3.20. The van der Waals surface area contributed by atoms with Gasteiger partial charge in [-0.05, 0) is 38.9 Å². The SMILES string of the molecule is CCNC(=NCC(c1ccccc1OC)N1CCCC1)NCCNC(C)=O. The number of hydrogen-bond donors (Lipinski definition) is 3. The second-order valence-electron chi connectivity index (χ2n) is 6.63. The maximum atomic E-state index is 11.0. The minimum absolute atomic E-state index is 0.0241. The Bertz CT molecular complexity index is 614. The van der Waals surface area contributed by atoms with Crippen LogP contribution >= 0.6 is 0 Å². The molecule has 3 N–H and O–H groups in total. The smallest absolute Gasteiger partial charge is 0.216 e. The summed E-state index contributed by atoms with van der Waals surface area (Å²) in [7, 11) is 1.72. The lowest BCUT2D eigenvalue weighted by Gasteiger charge is -2.28. The van der Waals surface area contributed by atoms with Crippen LogP contribution in [0.4, 0.5) is 0 Å². The van der Waals surface area contributed by atoms with Gasteiger partial charge in [0.25, 0.3) is 0 Å². The van der Waals surface area contributed by atoms with Crippen molar-refractivity contribution in [3.05, 3.63) is 29.8 Å². The molecule has 0 spiro atoms. The molecule has 0 bridgehead atoms. The van der Waals surface area contributed by atoms with Crippen molar-refractivity contribution >= 4 is 11.9 Å². The Balaban J connectivity index is 2.09. The second kappa shape index (κ2) is 11.4. The number of likely N-dealkylation sites (tertiary alicyclic amines) is 1. The van der Waals surface area contributed by atoms with Gasteiger partial charge >= 0.3 is 0 Å². The van der Waals surface area contributed by atoms with Crippen LogP contribution in [0.2, 0.25) is 0 Å². The van der Waals surface area contributed by atoms with Crippen LogP contribution in [0.3, 0.4) is 0 Å². The maximum Gasteiger partial charge on any atom is 0.216 e. The predicted molar refractivity (Wildman–Crippen MR) is 109 cm³/mol. The fourth-order valence-corrected chi connectivity index (χ4v) is 3.34. The molecule has 0 aliphatic carbocycles. The van der Waals surface area contributed by atoms with Crippen LogP contribution in [0.25, 0.3) is 0 Å². The van der Waals surface area contributed by atoms with Crippen LogP contribution in [-0.2, 0) is 4.79 Å². The van der Waals surface area contributed by atoms with Crippen molar-refractivity contribution in [1.82, 2.24) is 20.9 Å². The van der Waals surface area contributed by atoms with Crippen molar-refractivity contribution < 1.29 is 9.53 Å².